The molecule has 414 valence electrons. The molecule has 8 bridgehead atoms. The summed E-state index contributed by atoms with van der Waals surface area (Å²) in [6.45, 7) is 15.3. The fourth-order valence-electron chi connectivity index (χ4n) is 19.8. The predicted molar refractivity (Wildman–Crippen MR) is 296 cm³/mol. The molecule has 5 aromatic rings. The molecule has 4 aromatic carbocycles. The van der Waals surface area contributed by atoms with E-state index in [-0.39, 0.29) is 56.9 Å². The van der Waals surface area contributed by atoms with Crippen molar-refractivity contribution in [3.8, 4) is 22.9 Å². The molecular formula is C65H76FN7O6. The molecule has 0 radical (unpaired) electrons. The molecule has 13 nitrogen and oxygen atoms in total. The monoisotopic (exact) mass is 1070 g/mol. The van der Waals surface area contributed by atoms with Crippen molar-refractivity contribution in [2.75, 3.05) is 60.8 Å². The molecule has 4 unspecified atom stereocenters. The van der Waals surface area contributed by atoms with Crippen LogP contribution in [0, 0.1) is 41.1 Å². The minimum atomic E-state index is -1.00. The number of H-pyrrole nitrogens is 1. The number of nitrogens with one attached hydrogen (secondary N) is 1. The van der Waals surface area contributed by atoms with Crippen LogP contribution in [0.15, 0.2) is 84.9 Å². The zero-order chi connectivity index (χ0) is 54.1. The van der Waals surface area contributed by atoms with Gasteiger partial charge in [-0.1, -0.05) is 78.9 Å². The average molecular weight is 1070 g/mol. The molecule has 0 amide bonds. The smallest absolute Gasteiger partial charge is 0.228 e. The summed E-state index contributed by atoms with van der Waals surface area (Å²) >= 11 is 0. The molecule has 14 aliphatic rings. The fraction of sp³-hybridized carbons (Fsp3) is 0.600. The van der Waals surface area contributed by atoms with E-state index >= 15 is 0 Å². The number of rotatable bonds is 15. The Morgan fingerprint density at radius 3 is 1.67 bits per heavy atom. The van der Waals surface area contributed by atoms with Crippen LogP contribution in [0.4, 0.5) is 10.1 Å². The Kier molecular flexibility index (Phi) is 11.8. The maximum absolute atomic E-state index is 9.96. The Labute approximate surface area is 465 Å². The van der Waals surface area contributed by atoms with E-state index in [0.717, 1.165) is 93.4 Å². The standard InChI is InChI=1S/C32H37N5O3.C32H36N2O3.CH3F/c1-38-32-12-11-30(16-23(32)19-39-18-21-5-3-2-4-6-21)25-15-22-9-10-24(28-33-35-36-34-28)27-26(22)31(30,29(32)40-27)13-14-37(25)17-20-7-8-20;1-33-25-11-10-23-16-26-30-12-13-32(35-2,24(17-30)20-36-19-22-6-4-3-5-7-22)29-31(30,27(23)28(25)37-29)14-15-34(26)18-21-8-9-21;1-2/h2-6,9-10,20,23,25,29H,7-8,11-19H2,1H3,(H,33,34,35,36);3-7,10-11,21,24,26,29H,8-9,12-20H2,2H3;1H3/t23-,25-,29-,30?,31+,32?;24-,26-,29-,30?,31+,32?;/m11./s1/i;;1D. The number of alkyl halides is 1. The van der Waals surface area contributed by atoms with E-state index in [1.165, 1.54) is 85.0 Å². The van der Waals surface area contributed by atoms with Gasteiger partial charge in [-0.15, -0.1) is 10.2 Å². The number of aromatic amines is 1. The van der Waals surface area contributed by atoms with Gasteiger partial charge in [0.15, 0.2) is 0 Å². The minimum Gasteiger partial charge on any atom is -0.497 e. The number of tetrazole rings is 1. The van der Waals surface area contributed by atoms with E-state index < -0.39 is 7.15 Å². The lowest BCUT2D eigenvalue weighted by Crippen LogP contribution is -2.81. The third-order valence-electron chi connectivity index (χ3n) is 23.2. The number of aromatic nitrogens is 4. The molecule has 8 saturated carbocycles. The highest BCUT2D eigenvalue weighted by molar-refractivity contribution is 5.74. The summed E-state index contributed by atoms with van der Waals surface area (Å²) in [4.78, 5) is 9.68. The lowest BCUT2D eigenvalue weighted by molar-refractivity contribution is -0.283. The largest absolute Gasteiger partial charge is 0.497 e. The van der Waals surface area contributed by atoms with Gasteiger partial charge in [-0.3, -0.25) is 14.2 Å². The van der Waals surface area contributed by atoms with Crippen LogP contribution in [0.25, 0.3) is 16.2 Å². The van der Waals surface area contributed by atoms with Gasteiger partial charge in [-0.05, 0) is 154 Å². The van der Waals surface area contributed by atoms with E-state index in [1.807, 2.05) is 20.3 Å². The molecule has 12 atom stereocenters. The Bertz CT molecular complexity index is 3180. The van der Waals surface area contributed by atoms with E-state index in [0.29, 0.717) is 50.0 Å². The lowest BCUT2D eigenvalue weighted by Gasteiger charge is -2.74. The zero-order valence-electron chi connectivity index (χ0n) is 47.0. The highest BCUT2D eigenvalue weighted by atomic mass is 19.1. The first-order valence-electron chi connectivity index (χ1n) is 30.4. The highest BCUT2D eigenvalue weighted by Gasteiger charge is 2.82. The van der Waals surface area contributed by atoms with Crippen LogP contribution >= 0.6 is 0 Å². The maximum Gasteiger partial charge on any atom is 0.228 e. The van der Waals surface area contributed by atoms with Crippen molar-refractivity contribution in [3.63, 3.8) is 0 Å². The maximum atomic E-state index is 9.96. The number of hydrogen-bond acceptors (Lipinski definition) is 11. The number of likely N-dealkylation sites (tertiary alicyclic amines) is 2. The first kappa shape index (κ1) is 49.5. The van der Waals surface area contributed by atoms with Crippen LogP contribution in [0.2, 0.25) is 0 Å². The predicted octanol–water partition coefficient (Wildman–Crippen LogP) is 10.6. The van der Waals surface area contributed by atoms with Crippen molar-refractivity contribution < 1.29 is 34.2 Å². The third-order valence-corrected chi connectivity index (χ3v) is 23.2. The first-order valence-corrected chi connectivity index (χ1v) is 29.7. The molecule has 4 aliphatic heterocycles. The molecular weight excluding hydrogens is 994 g/mol. The quantitative estimate of drug-likeness (QED) is 0.101. The van der Waals surface area contributed by atoms with Crippen molar-refractivity contribution in [1.82, 2.24) is 30.4 Å². The van der Waals surface area contributed by atoms with Crippen LogP contribution in [-0.4, -0.2) is 127 Å². The van der Waals surface area contributed by atoms with Gasteiger partial charge in [-0.2, -0.15) is 5.21 Å². The summed E-state index contributed by atoms with van der Waals surface area (Å²) < 4.78 is 56.0. The van der Waals surface area contributed by atoms with Gasteiger partial charge < -0.3 is 28.4 Å². The topological polar surface area (TPSA) is 121 Å². The second-order valence-corrected chi connectivity index (χ2v) is 26.0. The average Bonchev–Trinajstić information content (AvgIpc) is 2.12. The van der Waals surface area contributed by atoms with E-state index in [2.05, 4.69) is 114 Å². The van der Waals surface area contributed by atoms with Crippen molar-refractivity contribution >= 4 is 5.69 Å². The van der Waals surface area contributed by atoms with Crippen LogP contribution in [0.3, 0.4) is 0 Å². The Morgan fingerprint density at radius 2 is 1.19 bits per heavy atom. The normalized spacial score (nSPS) is 37.0. The molecule has 10 fully saturated rings. The van der Waals surface area contributed by atoms with Crippen LogP contribution in [-0.2, 0) is 55.8 Å². The summed E-state index contributed by atoms with van der Waals surface area (Å²) in [5.74, 6) is 4.80. The van der Waals surface area contributed by atoms with Crippen molar-refractivity contribution in [1.29, 1.82) is 0 Å². The van der Waals surface area contributed by atoms with Gasteiger partial charge in [0, 0.05) is 78.5 Å². The number of halogens is 1. The second kappa shape index (κ2) is 18.9. The van der Waals surface area contributed by atoms with Gasteiger partial charge in [0.2, 0.25) is 11.5 Å². The second-order valence-electron chi connectivity index (χ2n) is 26.0. The first-order chi connectivity index (χ1) is 39.2. The number of hydrogen-bond donors (Lipinski definition) is 1. The number of nitrogens with zero attached hydrogens (tertiary/aromatic N) is 6. The van der Waals surface area contributed by atoms with Gasteiger partial charge in [0.1, 0.15) is 34.9 Å². The molecule has 1 aromatic heterocycles. The third kappa shape index (κ3) is 7.02. The van der Waals surface area contributed by atoms with Crippen LogP contribution < -0.4 is 9.47 Å². The number of benzene rings is 4. The van der Waals surface area contributed by atoms with Gasteiger partial charge in [0.05, 0.1) is 47.1 Å². The summed E-state index contributed by atoms with van der Waals surface area (Å²) in [7, 11) is 2.81. The summed E-state index contributed by atoms with van der Waals surface area (Å²) in [5.41, 5.74) is 9.21. The van der Waals surface area contributed by atoms with Crippen LogP contribution in [0.1, 0.15) is 112 Å². The highest BCUT2D eigenvalue weighted by Crippen LogP contribution is 2.78. The van der Waals surface area contributed by atoms with Crippen LogP contribution in [0.5, 0.6) is 11.5 Å². The van der Waals surface area contributed by atoms with Crippen molar-refractivity contribution in [2.45, 2.75) is 149 Å². The molecule has 5 heterocycles. The number of methoxy groups -OCH3 is 2. The van der Waals surface area contributed by atoms with E-state index in [4.69, 9.17) is 36.4 Å². The zero-order valence-corrected chi connectivity index (χ0v) is 46.0. The molecule has 2 saturated heterocycles. The van der Waals surface area contributed by atoms with Gasteiger partial charge in [-0.25, -0.2) is 4.85 Å². The molecule has 10 aliphatic carbocycles. The Morgan fingerprint density at radius 1 is 0.684 bits per heavy atom. The summed E-state index contributed by atoms with van der Waals surface area (Å²) in [5, 5.41) is 15.2. The fourth-order valence-corrected chi connectivity index (χ4v) is 19.8. The van der Waals surface area contributed by atoms with Gasteiger partial charge in [0.25, 0.3) is 0 Å². The minimum absolute atomic E-state index is 0.0366. The Hall–Kier alpha value is -5.27. The summed E-state index contributed by atoms with van der Waals surface area (Å²) in [6, 6.07) is 30.8. The molecule has 1 N–H and O–H groups in total. The Balaban J connectivity index is 0.000000132. The number of fused-ring (bicyclic) bond motifs is 4. The molecule has 79 heavy (non-hydrogen) atoms. The molecule has 19 rings (SSSR count). The lowest BCUT2D eigenvalue weighted by atomic mass is 9.35. The SMILES string of the molecule is COC12CCC3(C[C@@H]1COCc1ccccc1)[C@H]1Cc4ccc(-c5nn[nH]n5)c5c4[C@@]3(CCN1CC1CC1)[C@H]2O5.[2H]CF.[C-]#[N+]c1ccc2c3c1O[C@H]1C4(OC)CCC5(C[C@@H]4COCc4ccccc4)[C@@H](C2)N(CC2CC2)CC[C@]315. The number of ether oxygens (including phenoxy) is 6. The molecule has 14 heteroatoms. The van der Waals surface area contributed by atoms with E-state index in [1.54, 1.807) is 0 Å². The van der Waals surface area contributed by atoms with Crippen molar-refractivity contribution in [2.24, 2.45) is 34.5 Å². The van der Waals surface area contributed by atoms with Gasteiger partial charge >= 0.3 is 0 Å². The number of piperidine rings is 2. The van der Waals surface area contributed by atoms with Crippen molar-refractivity contribution in [3.05, 3.63) is 130 Å². The molecule has 4 spiro atoms. The van der Waals surface area contributed by atoms with E-state index in [9.17, 15) is 4.39 Å². The summed E-state index contributed by atoms with van der Waals surface area (Å²) in [6.07, 6.45) is 16.6.